The molecule has 1 aromatic carbocycles. The van der Waals surface area contributed by atoms with Gasteiger partial charge in [0.15, 0.2) is 11.5 Å². The summed E-state index contributed by atoms with van der Waals surface area (Å²) in [4.78, 5) is 0. The Labute approximate surface area is 120 Å². The van der Waals surface area contributed by atoms with Gasteiger partial charge in [-0.25, -0.2) is 4.39 Å². The Hall–Kier alpha value is -1.48. The third-order valence-electron chi connectivity index (χ3n) is 2.55. The summed E-state index contributed by atoms with van der Waals surface area (Å²) in [5.74, 6) is -2.79. The zero-order valence-electron chi connectivity index (χ0n) is 10.2. The second-order valence-corrected chi connectivity index (χ2v) is 4.51. The van der Waals surface area contributed by atoms with Gasteiger partial charge in [-0.15, -0.1) is 11.6 Å². The molecule has 1 atom stereocenters. The lowest BCUT2D eigenvalue weighted by Crippen LogP contribution is -2.52. The van der Waals surface area contributed by atoms with E-state index in [-0.39, 0.29) is 18.1 Å². The fourth-order valence-electron chi connectivity index (χ4n) is 1.51. The number of anilines is 1. The number of hydrogen-bond acceptors (Lipinski definition) is 4. The van der Waals surface area contributed by atoms with Gasteiger partial charge >= 0.3 is 12.2 Å². The van der Waals surface area contributed by atoms with Crippen LogP contribution in [0, 0.1) is 5.82 Å². The average Bonchev–Trinajstić information content (AvgIpc) is 2.37. The largest absolute Gasteiger partial charge is 0.507 e. The van der Waals surface area contributed by atoms with E-state index in [1.54, 1.807) is 0 Å². The Balaban J connectivity index is 2.27. The van der Waals surface area contributed by atoms with Crippen LogP contribution in [0.3, 0.4) is 0 Å². The Bertz CT molecular complexity index is 543. The molecule has 0 aliphatic carbocycles. The van der Waals surface area contributed by atoms with Crippen molar-refractivity contribution >= 4 is 17.3 Å². The molecule has 0 spiro atoms. The summed E-state index contributed by atoms with van der Waals surface area (Å²) in [5, 5.41) is 11.6. The minimum Gasteiger partial charge on any atom is -0.421 e. The van der Waals surface area contributed by atoms with Crippen LogP contribution in [0.25, 0.3) is 0 Å². The van der Waals surface area contributed by atoms with E-state index in [0.717, 1.165) is 6.07 Å². The molecule has 1 heterocycles. The molecule has 0 fully saturated rings. The first-order valence-electron chi connectivity index (χ1n) is 5.61. The van der Waals surface area contributed by atoms with Crippen LogP contribution in [0.5, 0.6) is 11.5 Å². The van der Waals surface area contributed by atoms with E-state index >= 15 is 0 Å². The average molecular weight is 334 g/mol. The summed E-state index contributed by atoms with van der Waals surface area (Å²) >= 11 is 5.33. The van der Waals surface area contributed by atoms with Crippen LogP contribution >= 0.6 is 11.6 Å². The minimum atomic E-state index is -4.91. The predicted molar refractivity (Wildman–Crippen MR) is 62.8 cm³/mol. The molecule has 0 aromatic heterocycles. The summed E-state index contributed by atoms with van der Waals surface area (Å²) in [5.41, 5.74) is -0.331. The molecule has 0 saturated carbocycles. The third kappa shape index (κ3) is 3.08. The molecule has 1 aliphatic heterocycles. The number of alkyl halides is 5. The van der Waals surface area contributed by atoms with Crippen molar-refractivity contribution in [1.82, 2.24) is 0 Å². The number of aliphatic hydroxyl groups excluding tert-OH is 1. The van der Waals surface area contributed by atoms with Gasteiger partial charge in [0, 0.05) is 18.7 Å². The van der Waals surface area contributed by atoms with Crippen molar-refractivity contribution in [3.63, 3.8) is 0 Å². The maximum atomic E-state index is 13.6. The predicted octanol–water partition coefficient (Wildman–Crippen LogP) is 2.79. The summed E-state index contributed by atoms with van der Waals surface area (Å²) in [6, 6.07) is 1.21. The van der Waals surface area contributed by atoms with Gasteiger partial charge < -0.3 is 19.9 Å². The second kappa shape index (κ2) is 5.38. The monoisotopic (exact) mass is 333 g/mol. The maximum Gasteiger partial charge on any atom is 0.507 e. The van der Waals surface area contributed by atoms with Crippen molar-refractivity contribution in [2.75, 3.05) is 17.7 Å². The van der Waals surface area contributed by atoms with E-state index in [0.29, 0.717) is 6.07 Å². The number of aliphatic hydroxyl groups is 1. The van der Waals surface area contributed by atoms with E-state index in [2.05, 4.69) is 14.8 Å². The number of fused-ring (bicyclic) bond motifs is 1. The van der Waals surface area contributed by atoms with Crippen LogP contribution in [0.2, 0.25) is 0 Å². The fraction of sp³-hybridized carbons (Fsp3) is 0.455. The smallest absolute Gasteiger partial charge is 0.421 e. The van der Waals surface area contributed by atoms with Crippen LogP contribution in [0.1, 0.15) is 0 Å². The van der Waals surface area contributed by atoms with Crippen molar-refractivity contribution in [3.05, 3.63) is 17.9 Å². The van der Waals surface area contributed by atoms with Gasteiger partial charge in [0.1, 0.15) is 5.82 Å². The highest BCUT2D eigenvalue weighted by atomic mass is 35.5. The SMILES string of the molecule is OC(CCl)CNc1cc2c(cc1F)OC(F)(F)C(F)(F)O2. The molecular formula is C11H9ClF5NO3. The van der Waals surface area contributed by atoms with Gasteiger partial charge in [-0.05, 0) is 0 Å². The number of ether oxygens (including phenoxy) is 2. The van der Waals surface area contributed by atoms with Crippen molar-refractivity contribution in [3.8, 4) is 11.5 Å². The molecule has 2 rings (SSSR count). The van der Waals surface area contributed by atoms with Crippen LogP contribution in [-0.4, -0.2) is 35.9 Å². The molecular weight excluding hydrogens is 325 g/mol. The number of nitrogens with one attached hydrogen (secondary N) is 1. The molecule has 1 unspecified atom stereocenters. The summed E-state index contributed by atoms with van der Waals surface area (Å²) in [6.07, 6.45) is -10.8. The van der Waals surface area contributed by atoms with Gasteiger partial charge in [0.25, 0.3) is 0 Å². The van der Waals surface area contributed by atoms with Crippen molar-refractivity contribution in [1.29, 1.82) is 0 Å². The molecule has 4 nitrogen and oxygen atoms in total. The summed E-state index contributed by atoms with van der Waals surface area (Å²) < 4.78 is 73.1. The topological polar surface area (TPSA) is 50.7 Å². The molecule has 0 radical (unpaired) electrons. The lowest BCUT2D eigenvalue weighted by Gasteiger charge is -2.32. The van der Waals surface area contributed by atoms with E-state index in [9.17, 15) is 27.1 Å². The molecule has 10 heteroatoms. The Morgan fingerprint density at radius 3 is 2.19 bits per heavy atom. The minimum absolute atomic E-state index is 0.135. The maximum absolute atomic E-state index is 13.6. The molecule has 21 heavy (non-hydrogen) atoms. The Morgan fingerprint density at radius 2 is 1.67 bits per heavy atom. The van der Waals surface area contributed by atoms with Crippen molar-refractivity contribution < 1.29 is 36.5 Å². The van der Waals surface area contributed by atoms with Crippen LogP contribution in [0.4, 0.5) is 27.6 Å². The van der Waals surface area contributed by atoms with Crippen LogP contribution in [0.15, 0.2) is 12.1 Å². The Kier molecular flexibility index (Phi) is 4.07. The molecule has 0 amide bonds. The van der Waals surface area contributed by atoms with E-state index in [4.69, 9.17) is 11.6 Å². The van der Waals surface area contributed by atoms with E-state index in [1.165, 1.54) is 0 Å². The van der Waals surface area contributed by atoms with E-state index < -0.39 is 35.6 Å². The number of rotatable bonds is 4. The van der Waals surface area contributed by atoms with Gasteiger partial charge in [-0.1, -0.05) is 0 Å². The summed E-state index contributed by atoms with van der Waals surface area (Å²) in [6.45, 7) is -0.174. The number of hydrogen-bond donors (Lipinski definition) is 2. The lowest BCUT2D eigenvalue weighted by atomic mass is 10.2. The fourth-order valence-corrected chi connectivity index (χ4v) is 1.62. The summed E-state index contributed by atoms with van der Waals surface area (Å²) in [7, 11) is 0. The molecule has 0 saturated heterocycles. The zero-order chi connectivity index (χ0) is 15.8. The van der Waals surface area contributed by atoms with E-state index in [1.807, 2.05) is 0 Å². The molecule has 118 valence electrons. The van der Waals surface area contributed by atoms with Crippen molar-refractivity contribution in [2.24, 2.45) is 0 Å². The second-order valence-electron chi connectivity index (χ2n) is 4.21. The highest BCUT2D eigenvalue weighted by molar-refractivity contribution is 6.18. The Morgan fingerprint density at radius 1 is 1.14 bits per heavy atom. The number of benzene rings is 1. The quantitative estimate of drug-likeness (QED) is 0.657. The first-order valence-corrected chi connectivity index (χ1v) is 6.15. The number of halogens is 6. The standard InChI is InChI=1S/C11H9ClF5NO3/c12-3-5(19)4-18-7-2-9-8(1-6(7)13)20-10(14,15)11(16,17)21-9/h1-2,5,18-19H,3-4H2. The first kappa shape index (κ1) is 15.9. The van der Waals surface area contributed by atoms with Gasteiger partial charge in [-0.2, -0.15) is 17.6 Å². The van der Waals surface area contributed by atoms with Crippen LogP contribution in [-0.2, 0) is 0 Å². The van der Waals surface area contributed by atoms with Gasteiger partial charge in [-0.3, -0.25) is 0 Å². The third-order valence-corrected chi connectivity index (χ3v) is 2.91. The molecule has 1 aliphatic rings. The van der Waals surface area contributed by atoms with Crippen LogP contribution < -0.4 is 14.8 Å². The highest BCUT2D eigenvalue weighted by Crippen LogP contribution is 2.48. The first-order chi connectivity index (χ1) is 9.66. The van der Waals surface area contributed by atoms with Gasteiger partial charge in [0.05, 0.1) is 17.7 Å². The zero-order valence-corrected chi connectivity index (χ0v) is 10.9. The van der Waals surface area contributed by atoms with Crippen molar-refractivity contribution in [2.45, 2.75) is 18.3 Å². The molecule has 0 bridgehead atoms. The lowest BCUT2D eigenvalue weighted by molar-refractivity contribution is -0.391. The van der Waals surface area contributed by atoms with Gasteiger partial charge in [0.2, 0.25) is 0 Å². The molecule has 1 aromatic rings. The highest BCUT2D eigenvalue weighted by Gasteiger charge is 2.66. The molecule has 2 N–H and O–H groups in total. The normalized spacial score (nSPS) is 20.0.